The minimum Gasteiger partial charge on any atom is -0.334 e. The molecule has 0 aliphatic heterocycles. The van der Waals surface area contributed by atoms with Crippen molar-refractivity contribution < 1.29 is 22.5 Å². The van der Waals surface area contributed by atoms with Crippen molar-refractivity contribution in [3.63, 3.8) is 0 Å². The first-order valence-electron chi connectivity index (χ1n) is 12.3. The Kier molecular flexibility index (Phi) is 8.57. The molecule has 12 nitrogen and oxygen atoms in total. The second-order valence-corrected chi connectivity index (χ2v) is 11.6. The van der Waals surface area contributed by atoms with Gasteiger partial charge in [-0.15, -0.1) is 0 Å². The van der Waals surface area contributed by atoms with Gasteiger partial charge in [0, 0.05) is 40.6 Å². The van der Waals surface area contributed by atoms with E-state index in [1.54, 1.807) is 60.8 Å². The molecule has 2 heterocycles. The topological polar surface area (TPSA) is 168 Å². The normalized spacial score (nSPS) is 11.0. The van der Waals surface area contributed by atoms with Gasteiger partial charge in [0.2, 0.25) is 15.8 Å². The lowest BCUT2D eigenvalue weighted by molar-refractivity contribution is 0.102. The van der Waals surface area contributed by atoms with Gasteiger partial charge >= 0.3 is 6.03 Å². The summed E-state index contributed by atoms with van der Waals surface area (Å²) in [6.07, 6.45) is 4.04. The Morgan fingerprint density at radius 1 is 0.837 bits per heavy atom. The van der Waals surface area contributed by atoms with E-state index >= 15 is 0 Å². The van der Waals surface area contributed by atoms with Crippen molar-refractivity contribution in [3.05, 3.63) is 101 Å². The molecular weight excluding hydrogens is 617 g/mol. The van der Waals surface area contributed by atoms with Crippen LogP contribution in [0.3, 0.4) is 0 Å². The number of amides is 3. The Morgan fingerprint density at radius 2 is 1.56 bits per heavy atom. The number of nitrogens with one attached hydrogen (secondary N) is 4. The number of anilines is 4. The van der Waals surface area contributed by atoms with Crippen molar-refractivity contribution in [1.82, 2.24) is 15.1 Å². The number of hydrogen-bond acceptors (Lipinski definition) is 8. The molecule has 4 N–H and O–H groups in total. The number of nitrogens with zero attached hydrogens (tertiary/aromatic N) is 3. The molecule has 2 aromatic heterocycles. The van der Waals surface area contributed by atoms with Crippen molar-refractivity contribution in [1.29, 1.82) is 0 Å². The predicted octanol–water partition coefficient (Wildman–Crippen LogP) is 6.37. The van der Waals surface area contributed by atoms with Gasteiger partial charge in [-0.3, -0.25) is 14.5 Å². The number of carbonyl (C=O) groups is 2. The fourth-order valence-electron chi connectivity index (χ4n) is 3.82. The van der Waals surface area contributed by atoms with Gasteiger partial charge in [-0.2, -0.15) is 4.98 Å². The average Bonchev–Trinajstić information content (AvgIpc) is 3.45. The van der Waals surface area contributed by atoms with Gasteiger partial charge in [-0.05, 0) is 66.7 Å². The highest BCUT2D eigenvalue weighted by Crippen LogP contribution is 2.31. The minimum atomic E-state index is -3.51. The van der Waals surface area contributed by atoms with E-state index in [9.17, 15) is 18.0 Å². The van der Waals surface area contributed by atoms with Crippen molar-refractivity contribution in [2.24, 2.45) is 0 Å². The molecule has 0 fully saturated rings. The molecule has 43 heavy (non-hydrogen) atoms. The third-order valence-electron chi connectivity index (χ3n) is 5.71. The lowest BCUT2D eigenvalue weighted by Crippen LogP contribution is -2.19. The van der Waals surface area contributed by atoms with Crippen LogP contribution in [0.2, 0.25) is 10.0 Å². The van der Waals surface area contributed by atoms with Crippen molar-refractivity contribution in [3.8, 4) is 22.8 Å². The SMILES string of the molecule is CS(=O)(=O)Nc1ccc(NC(=O)Nc2cccc(-c3nc(-c4ccc(NC(=O)c5cccnc5)cc4Cl)no3)c2)cc1Cl. The van der Waals surface area contributed by atoms with Gasteiger partial charge in [-0.25, -0.2) is 13.2 Å². The Morgan fingerprint density at radius 3 is 2.26 bits per heavy atom. The first-order chi connectivity index (χ1) is 20.5. The van der Waals surface area contributed by atoms with Gasteiger partial charge in [0.05, 0.1) is 27.6 Å². The highest BCUT2D eigenvalue weighted by molar-refractivity contribution is 7.92. The molecule has 3 amide bonds. The summed E-state index contributed by atoms with van der Waals surface area (Å²) < 4.78 is 30.6. The molecule has 0 saturated heterocycles. The zero-order valence-corrected chi connectivity index (χ0v) is 24.5. The summed E-state index contributed by atoms with van der Waals surface area (Å²) >= 11 is 12.6. The monoisotopic (exact) mass is 637 g/mol. The molecular formula is C28H21Cl2N7O5S. The fraction of sp³-hybridized carbons (Fsp3) is 0.0357. The zero-order chi connectivity index (χ0) is 30.6. The summed E-state index contributed by atoms with van der Waals surface area (Å²) in [5.41, 5.74) is 2.87. The third kappa shape index (κ3) is 7.65. The summed E-state index contributed by atoms with van der Waals surface area (Å²) in [4.78, 5) is 33.4. The van der Waals surface area contributed by atoms with Gasteiger partial charge in [0.15, 0.2) is 0 Å². The van der Waals surface area contributed by atoms with Crippen LogP contribution in [-0.2, 0) is 10.0 Å². The van der Waals surface area contributed by atoms with Gasteiger partial charge in [0.1, 0.15) is 0 Å². The molecule has 0 bridgehead atoms. The molecule has 0 saturated carbocycles. The van der Waals surface area contributed by atoms with Crippen LogP contribution < -0.4 is 20.7 Å². The zero-order valence-electron chi connectivity index (χ0n) is 22.1. The van der Waals surface area contributed by atoms with E-state index in [2.05, 4.69) is 35.8 Å². The first kappa shape index (κ1) is 29.5. The maximum Gasteiger partial charge on any atom is 0.323 e. The summed E-state index contributed by atoms with van der Waals surface area (Å²) in [7, 11) is -3.51. The number of pyridine rings is 1. The number of sulfonamides is 1. The Bertz CT molecular complexity index is 1940. The number of carbonyl (C=O) groups excluding carboxylic acids is 2. The maximum absolute atomic E-state index is 12.6. The van der Waals surface area contributed by atoms with Crippen LogP contribution in [0.1, 0.15) is 10.4 Å². The third-order valence-corrected chi connectivity index (χ3v) is 6.92. The molecule has 218 valence electrons. The van der Waals surface area contributed by atoms with E-state index in [-0.39, 0.29) is 28.3 Å². The summed E-state index contributed by atoms with van der Waals surface area (Å²) in [5, 5.41) is 12.5. The van der Waals surface area contributed by atoms with E-state index in [4.69, 9.17) is 27.7 Å². The number of halogens is 2. The summed E-state index contributed by atoms with van der Waals surface area (Å²) in [6.45, 7) is 0. The van der Waals surface area contributed by atoms with Crippen molar-refractivity contribution >= 4 is 67.9 Å². The molecule has 0 aliphatic carbocycles. The average molecular weight is 638 g/mol. The predicted molar refractivity (Wildman–Crippen MR) is 165 cm³/mol. The summed E-state index contributed by atoms with van der Waals surface area (Å²) in [5.74, 6) is 0.0845. The molecule has 0 unspecified atom stereocenters. The largest absolute Gasteiger partial charge is 0.334 e. The van der Waals surface area contributed by atoms with Crippen LogP contribution in [0.25, 0.3) is 22.8 Å². The number of benzene rings is 3. The van der Waals surface area contributed by atoms with E-state index < -0.39 is 16.1 Å². The molecule has 0 atom stereocenters. The van der Waals surface area contributed by atoms with Crippen LogP contribution in [0.5, 0.6) is 0 Å². The highest BCUT2D eigenvalue weighted by Gasteiger charge is 2.16. The molecule has 15 heteroatoms. The van der Waals surface area contributed by atoms with Gasteiger partial charge in [-0.1, -0.05) is 34.4 Å². The molecule has 0 aliphatic rings. The minimum absolute atomic E-state index is 0.113. The number of aromatic nitrogens is 3. The fourth-order valence-corrected chi connectivity index (χ4v) is 4.95. The van der Waals surface area contributed by atoms with Gasteiger partial charge in [0.25, 0.3) is 11.8 Å². The molecule has 0 radical (unpaired) electrons. The van der Waals surface area contributed by atoms with E-state index in [1.807, 2.05) is 0 Å². The maximum atomic E-state index is 12.6. The van der Waals surface area contributed by atoms with Crippen molar-refractivity contribution in [2.75, 3.05) is 26.9 Å². The standard InChI is InChI=1S/C28H21Cl2N7O5S/c1-43(40,41)37-24-10-8-20(14-23(24)30)34-28(39)33-18-6-2-4-16(12-18)27-35-25(36-42-27)21-9-7-19(13-22(21)29)32-26(38)17-5-3-11-31-15-17/h2-15,37H,1H3,(H,32,38)(H2,33,34,39). The van der Waals surface area contributed by atoms with E-state index in [0.717, 1.165) is 6.26 Å². The second-order valence-electron chi connectivity index (χ2n) is 9.04. The molecule has 0 spiro atoms. The number of rotatable bonds is 8. The lowest BCUT2D eigenvalue weighted by Gasteiger charge is -2.11. The Balaban J connectivity index is 1.25. The molecule has 5 aromatic rings. The quantitative estimate of drug-likeness (QED) is 0.152. The lowest BCUT2D eigenvalue weighted by atomic mass is 10.1. The van der Waals surface area contributed by atoms with Crippen LogP contribution in [-0.4, -0.2) is 41.7 Å². The molecule has 3 aromatic carbocycles. The van der Waals surface area contributed by atoms with Crippen LogP contribution in [0.15, 0.2) is 89.7 Å². The number of urea groups is 1. The molecule has 5 rings (SSSR count). The second kappa shape index (κ2) is 12.5. The van der Waals surface area contributed by atoms with E-state index in [1.165, 1.54) is 24.4 Å². The van der Waals surface area contributed by atoms with Crippen molar-refractivity contribution in [2.45, 2.75) is 0 Å². The Hall–Kier alpha value is -4.98. The Labute approximate surface area is 255 Å². The van der Waals surface area contributed by atoms with Gasteiger partial charge < -0.3 is 20.5 Å². The number of hydrogen-bond donors (Lipinski definition) is 4. The van der Waals surface area contributed by atoms with Crippen LogP contribution in [0.4, 0.5) is 27.5 Å². The van der Waals surface area contributed by atoms with Crippen LogP contribution in [0, 0.1) is 0 Å². The first-order valence-corrected chi connectivity index (χ1v) is 15.0. The van der Waals surface area contributed by atoms with E-state index in [0.29, 0.717) is 38.8 Å². The highest BCUT2D eigenvalue weighted by atomic mass is 35.5. The van der Waals surface area contributed by atoms with Crippen LogP contribution >= 0.6 is 23.2 Å². The summed E-state index contributed by atoms with van der Waals surface area (Å²) in [6, 6.07) is 18.7. The smallest absolute Gasteiger partial charge is 0.323 e.